The van der Waals surface area contributed by atoms with E-state index in [1.807, 2.05) is 25.1 Å². The molecule has 0 atom stereocenters. The van der Waals surface area contributed by atoms with Gasteiger partial charge in [0.15, 0.2) is 0 Å². The van der Waals surface area contributed by atoms with E-state index in [-0.39, 0.29) is 6.42 Å². The minimum absolute atomic E-state index is 0.269. The second kappa shape index (κ2) is 10.0. The van der Waals surface area contributed by atoms with Crippen LogP contribution in [0.3, 0.4) is 0 Å². The average molecular weight is 294 g/mol. The molecule has 1 aromatic carbocycles. The highest BCUT2D eigenvalue weighted by Crippen LogP contribution is 2.22. The van der Waals surface area contributed by atoms with Gasteiger partial charge < -0.3 is 20.9 Å². The van der Waals surface area contributed by atoms with Gasteiger partial charge >= 0.3 is 5.97 Å². The van der Waals surface area contributed by atoms with Crippen molar-refractivity contribution in [1.29, 1.82) is 0 Å². The quantitative estimate of drug-likeness (QED) is 0.431. The fourth-order valence-corrected chi connectivity index (χ4v) is 2.10. The zero-order valence-electron chi connectivity index (χ0n) is 12.7. The van der Waals surface area contributed by atoms with Crippen LogP contribution in [0, 0.1) is 0 Å². The van der Waals surface area contributed by atoms with Crippen LogP contribution in [0.15, 0.2) is 18.2 Å². The van der Waals surface area contributed by atoms with Gasteiger partial charge in [0.1, 0.15) is 5.75 Å². The van der Waals surface area contributed by atoms with Gasteiger partial charge in [-0.15, -0.1) is 0 Å². The van der Waals surface area contributed by atoms with Crippen LogP contribution >= 0.6 is 0 Å². The summed E-state index contributed by atoms with van der Waals surface area (Å²) in [6, 6.07) is 5.91. The van der Waals surface area contributed by atoms with Gasteiger partial charge in [-0.1, -0.05) is 12.5 Å². The molecule has 0 aliphatic rings. The fourth-order valence-electron chi connectivity index (χ4n) is 2.10. The lowest BCUT2D eigenvalue weighted by Crippen LogP contribution is -2.18. The van der Waals surface area contributed by atoms with Gasteiger partial charge in [-0.3, -0.25) is 4.79 Å². The van der Waals surface area contributed by atoms with Crippen LogP contribution < -0.4 is 15.8 Å². The molecule has 0 radical (unpaired) electrons. The van der Waals surface area contributed by atoms with Crippen molar-refractivity contribution in [2.24, 2.45) is 0 Å². The van der Waals surface area contributed by atoms with Crippen LogP contribution in [0.2, 0.25) is 0 Å². The Hall–Kier alpha value is -1.75. The van der Waals surface area contributed by atoms with Crippen molar-refractivity contribution in [1.82, 2.24) is 5.32 Å². The third kappa shape index (κ3) is 7.56. The molecular weight excluding hydrogens is 268 g/mol. The molecular formula is C16H26N2O3. The zero-order chi connectivity index (χ0) is 15.5. The Bertz CT molecular complexity index is 436. The number of carboxylic acids is 1. The number of hydrogen-bond acceptors (Lipinski definition) is 4. The van der Waals surface area contributed by atoms with E-state index in [1.54, 1.807) is 0 Å². The molecule has 21 heavy (non-hydrogen) atoms. The summed E-state index contributed by atoms with van der Waals surface area (Å²) in [7, 11) is 0. The average Bonchev–Trinajstić information content (AvgIpc) is 2.44. The predicted molar refractivity (Wildman–Crippen MR) is 84.7 cm³/mol. The smallest absolute Gasteiger partial charge is 0.303 e. The van der Waals surface area contributed by atoms with Crippen LogP contribution in [-0.2, 0) is 11.2 Å². The number of anilines is 1. The molecule has 0 saturated carbocycles. The number of nitrogen functional groups attached to an aromatic ring is 1. The maximum Gasteiger partial charge on any atom is 0.303 e. The number of unbranched alkanes of at least 4 members (excludes halogenated alkanes) is 2. The molecule has 118 valence electrons. The first-order valence-electron chi connectivity index (χ1n) is 7.57. The number of benzene rings is 1. The summed E-state index contributed by atoms with van der Waals surface area (Å²) in [5.74, 6) is 0.0312. The molecule has 4 N–H and O–H groups in total. The maximum atomic E-state index is 10.3. The minimum Gasteiger partial charge on any atom is -0.492 e. The van der Waals surface area contributed by atoms with Crippen molar-refractivity contribution in [2.45, 2.75) is 39.0 Å². The fraction of sp³-hybridized carbons (Fsp3) is 0.562. The van der Waals surface area contributed by atoms with Gasteiger partial charge in [-0.05, 0) is 57.0 Å². The van der Waals surface area contributed by atoms with Crippen molar-refractivity contribution in [2.75, 3.05) is 25.4 Å². The SMILES string of the molecule is CCOc1ccc(CCNCCCCCC(=O)O)cc1N. The summed E-state index contributed by atoms with van der Waals surface area (Å²) in [5.41, 5.74) is 7.80. The van der Waals surface area contributed by atoms with Crippen molar-refractivity contribution in [3.05, 3.63) is 23.8 Å². The highest BCUT2D eigenvalue weighted by Gasteiger charge is 2.01. The van der Waals surface area contributed by atoms with Crippen LogP contribution in [0.4, 0.5) is 5.69 Å². The predicted octanol–water partition coefficient (Wildman–Crippen LogP) is 2.44. The third-order valence-corrected chi connectivity index (χ3v) is 3.21. The molecule has 5 nitrogen and oxygen atoms in total. The van der Waals surface area contributed by atoms with Gasteiger partial charge in [0.05, 0.1) is 12.3 Å². The third-order valence-electron chi connectivity index (χ3n) is 3.21. The summed E-state index contributed by atoms with van der Waals surface area (Å²) in [4.78, 5) is 10.3. The molecule has 0 spiro atoms. The maximum absolute atomic E-state index is 10.3. The second-order valence-corrected chi connectivity index (χ2v) is 5.01. The van der Waals surface area contributed by atoms with E-state index < -0.39 is 5.97 Å². The van der Waals surface area contributed by atoms with Gasteiger partial charge in [-0.2, -0.15) is 0 Å². The van der Waals surface area contributed by atoms with Crippen LogP contribution in [0.1, 0.15) is 38.2 Å². The van der Waals surface area contributed by atoms with E-state index in [9.17, 15) is 4.79 Å². The second-order valence-electron chi connectivity index (χ2n) is 5.01. The number of ether oxygens (including phenoxy) is 1. The van der Waals surface area contributed by atoms with E-state index in [4.69, 9.17) is 15.6 Å². The normalized spacial score (nSPS) is 10.5. The van der Waals surface area contributed by atoms with Crippen molar-refractivity contribution in [3.63, 3.8) is 0 Å². The molecule has 0 aliphatic carbocycles. The highest BCUT2D eigenvalue weighted by molar-refractivity contribution is 5.66. The van der Waals surface area contributed by atoms with Crippen molar-refractivity contribution in [3.8, 4) is 5.75 Å². The topological polar surface area (TPSA) is 84.6 Å². The van der Waals surface area contributed by atoms with Gasteiger partial charge in [0, 0.05) is 6.42 Å². The van der Waals surface area contributed by atoms with Crippen molar-refractivity contribution < 1.29 is 14.6 Å². The van der Waals surface area contributed by atoms with Crippen LogP contribution in [0.25, 0.3) is 0 Å². The number of aliphatic carboxylic acids is 1. The van der Waals surface area contributed by atoms with E-state index in [2.05, 4.69) is 5.32 Å². The summed E-state index contributed by atoms with van der Waals surface area (Å²) < 4.78 is 5.41. The molecule has 1 rings (SSSR count). The molecule has 1 aromatic rings. The van der Waals surface area contributed by atoms with Crippen molar-refractivity contribution >= 4 is 11.7 Å². The largest absolute Gasteiger partial charge is 0.492 e. The Morgan fingerprint density at radius 3 is 2.76 bits per heavy atom. The Morgan fingerprint density at radius 2 is 2.10 bits per heavy atom. The molecule has 0 aliphatic heterocycles. The molecule has 0 aromatic heterocycles. The number of hydrogen-bond donors (Lipinski definition) is 3. The molecule has 5 heteroatoms. The number of carbonyl (C=O) groups is 1. The molecule has 0 fully saturated rings. The van der Waals surface area contributed by atoms with Crippen LogP contribution in [0.5, 0.6) is 5.75 Å². The van der Waals surface area contributed by atoms with E-state index in [0.717, 1.165) is 44.5 Å². The zero-order valence-corrected chi connectivity index (χ0v) is 12.7. The Morgan fingerprint density at radius 1 is 1.29 bits per heavy atom. The Balaban J connectivity index is 2.12. The molecule has 0 amide bonds. The van der Waals surface area contributed by atoms with Gasteiger partial charge in [0.2, 0.25) is 0 Å². The number of nitrogens with two attached hydrogens (primary N) is 1. The first-order valence-corrected chi connectivity index (χ1v) is 7.57. The monoisotopic (exact) mass is 294 g/mol. The van der Waals surface area contributed by atoms with Crippen LogP contribution in [-0.4, -0.2) is 30.8 Å². The Labute approximate surface area is 126 Å². The summed E-state index contributed by atoms with van der Waals surface area (Å²) in [6.45, 7) is 4.37. The lowest BCUT2D eigenvalue weighted by Gasteiger charge is -2.09. The lowest BCUT2D eigenvalue weighted by molar-refractivity contribution is -0.137. The number of rotatable bonds is 11. The van der Waals surface area contributed by atoms with Gasteiger partial charge in [-0.25, -0.2) is 0 Å². The summed E-state index contributed by atoms with van der Waals surface area (Å²) in [6.07, 6.45) is 3.91. The van der Waals surface area contributed by atoms with E-state index >= 15 is 0 Å². The number of carboxylic acid groups (broad SMARTS) is 1. The molecule has 0 unspecified atom stereocenters. The van der Waals surface area contributed by atoms with E-state index in [1.165, 1.54) is 5.56 Å². The Kier molecular flexibility index (Phi) is 8.28. The summed E-state index contributed by atoms with van der Waals surface area (Å²) >= 11 is 0. The lowest BCUT2D eigenvalue weighted by atomic mass is 10.1. The first kappa shape index (κ1) is 17.3. The molecule has 0 saturated heterocycles. The summed E-state index contributed by atoms with van der Waals surface area (Å²) in [5, 5.41) is 11.9. The number of nitrogens with one attached hydrogen (secondary N) is 1. The van der Waals surface area contributed by atoms with E-state index in [0.29, 0.717) is 12.3 Å². The standard InChI is InChI=1S/C16H26N2O3/c1-2-21-15-8-7-13(12-14(15)17)9-11-18-10-5-3-4-6-16(19)20/h7-8,12,18H,2-6,9-11,17H2,1H3,(H,19,20). The van der Waals surface area contributed by atoms with Gasteiger partial charge in [0.25, 0.3) is 0 Å². The molecule has 0 bridgehead atoms. The minimum atomic E-state index is -0.712. The highest BCUT2D eigenvalue weighted by atomic mass is 16.5. The first-order chi connectivity index (χ1) is 10.1. The molecule has 0 heterocycles.